The van der Waals surface area contributed by atoms with E-state index >= 15 is 0 Å². The molecular formula is C10H14N2O2. The number of aryl methyl sites for hydroxylation is 1. The molecule has 0 saturated heterocycles. The van der Waals surface area contributed by atoms with E-state index in [1.54, 1.807) is 30.8 Å². The standard InChI is InChI=1S/C10H14N2O2/c1-4-6-12-7-11-8(3)9(12)10(13)14-5-2/h4,7H,1,5-6H2,2-3H3. The van der Waals surface area contributed by atoms with Gasteiger partial charge in [0.2, 0.25) is 0 Å². The summed E-state index contributed by atoms with van der Waals surface area (Å²) < 4.78 is 6.64. The SMILES string of the molecule is C=CCn1cnc(C)c1C(=O)OCC. The van der Waals surface area contributed by atoms with Gasteiger partial charge in [0.15, 0.2) is 5.69 Å². The van der Waals surface area contributed by atoms with Crippen molar-refractivity contribution in [1.29, 1.82) is 0 Å². The van der Waals surface area contributed by atoms with Crippen LogP contribution in [0.3, 0.4) is 0 Å². The predicted octanol–water partition coefficient (Wildman–Crippen LogP) is 1.55. The maximum atomic E-state index is 11.5. The molecule has 14 heavy (non-hydrogen) atoms. The molecule has 1 rings (SSSR count). The van der Waals surface area contributed by atoms with Gasteiger partial charge in [-0.15, -0.1) is 6.58 Å². The van der Waals surface area contributed by atoms with Gasteiger partial charge in [-0.25, -0.2) is 9.78 Å². The lowest BCUT2D eigenvalue weighted by Gasteiger charge is -2.05. The van der Waals surface area contributed by atoms with Gasteiger partial charge >= 0.3 is 5.97 Å². The number of hydrogen-bond donors (Lipinski definition) is 0. The van der Waals surface area contributed by atoms with Crippen LogP contribution in [0, 0.1) is 6.92 Å². The summed E-state index contributed by atoms with van der Waals surface area (Å²) in [4.78, 5) is 15.6. The molecule has 0 fully saturated rings. The van der Waals surface area contributed by atoms with E-state index in [0.717, 1.165) is 0 Å². The predicted molar refractivity (Wildman–Crippen MR) is 53.1 cm³/mol. The molecule has 0 amide bonds. The number of allylic oxidation sites excluding steroid dienone is 1. The summed E-state index contributed by atoms with van der Waals surface area (Å²) in [7, 11) is 0. The van der Waals surface area contributed by atoms with E-state index in [4.69, 9.17) is 4.74 Å². The van der Waals surface area contributed by atoms with Crippen LogP contribution in [-0.2, 0) is 11.3 Å². The first kappa shape index (κ1) is 10.5. The van der Waals surface area contributed by atoms with Crippen LogP contribution in [0.15, 0.2) is 19.0 Å². The van der Waals surface area contributed by atoms with Crippen LogP contribution in [-0.4, -0.2) is 22.1 Å². The maximum absolute atomic E-state index is 11.5. The average molecular weight is 194 g/mol. The molecule has 0 radical (unpaired) electrons. The third-order valence-corrected chi connectivity index (χ3v) is 1.82. The molecule has 4 heteroatoms. The van der Waals surface area contributed by atoms with Crippen molar-refractivity contribution in [2.45, 2.75) is 20.4 Å². The Labute approximate surface area is 83.2 Å². The van der Waals surface area contributed by atoms with Gasteiger partial charge in [-0.2, -0.15) is 0 Å². The van der Waals surface area contributed by atoms with Crippen molar-refractivity contribution in [3.8, 4) is 0 Å². The van der Waals surface area contributed by atoms with Crippen LogP contribution in [0.4, 0.5) is 0 Å². The van der Waals surface area contributed by atoms with E-state index in [0.29, 0.717) is 24.5 Å². The number of rotatable bonds is 4. The Bertz CT molecular complexity index is 342. The number of imidazole rings is 1. The number of carbonyl (C=O) groups is 1. The first-order valence-electron chi connectivity index (χ1n) is 4.50. The lowest BCUT2D eigenvalue weighted by molar-refractivity contribution is 0.0513. The highest BCUT2D eigenvalue weighted by molar-refractivity contribution is 5.88. The molecular weight excluding hydrogens is 180 g/mol. The number of nitrogens with zero attached hydrogens (tertiary/aromatic N) is 2. The Hall–Kier alpha value is -1.58. The van der Waals surface area contributed by atoms with Crippen molar-refractivity contribution >= 4 is 5.97 Å². The van der Waals surface area contributed by atoms with Gasteiger partial charge in [0.1, 0.15) is 0 Å². The minimum absolute atomic E-state index is 0.329. The topological polar surface area (TPSA) is 44.1 Å². The fourth-order valence-corrected chi connectivity index (χ4v) is 1.22. The Kier molecular flexibility index (Phi) is 3.45. The van der Waals surface area contributed by atoms with Crippen molar-refractivity contribution in [2.24, 2.45) is 0 Å². The van der Waals surface area contributed by atoms with Gasteiger partial charge in [0, 0.05) is 6.54 Å². The van der Waals surface area contributed by atoms with Crippen molar-refractivity contribution < 1.29 is 9.53 Å². The van der Waals surface area contributed by atoms with Crippen molar-refractivity contribution in [1.82, 2.24) is 9.55 Å². The van der Waals surface area contributed by atoms with Crippen molar-refractivity contribution in [3.05, 3.63) is 30.4 Å². The number of ether oxygens (including phenoxy) is 1. The summed E-state index contributed by atoms with van der Waals surface area (Å²) in [5.41, 5.74) is 1.19. The summed E-state index contributed by atoms with van der Waals surface area (Å²) >= 11 is 0. The zero-order valence-electron chi connectivity index (χ0n) is 8.49. The van der Waals surface area contributed by atoms with E-state index in [-0.39, 0.29) is 5.97 Å². The molecule has 0 aliphatic heterocycles. The molecule has 0 spiro atoms. The molecule has 0 atom stereocenters. The summed E-state index contributed by atoms with van der Waals surface area (Å²) in [6, 6.07) is 0. The summed E-state index contributed by atoms with van der Waals surface area (Å²) in [6.07, 6.45) is 3.33. The second-order valence-electron chi connectivity index (χ2n) is 2.84. The quantitative estimate of drug-likeness (QED) is 0.539. The third-order valence-electron chi connectivity index (χ3n) is 1.82. The number of aromatic nitrogens is 2. The van der Waals surface area contributed by atoms with Gasteiger partial charge in [-0.3, -0.25) is 0 Å². The zero-order valence-corrected chi connectivity index (χ0v) is 8.49. The largest absolute Gasteiger partial charge is 0.461 e. The number of hydrogen-bond acceptors (Lipinski definition) is 3. The van der Waals surface area contributed by atoms with Gasteiger partial charge in [0.25, 0.3) is 0 Å². The molecule has 1 aromatic rings. The second kappa shape index (κ2) is 4.60. The highest BCUT2D eigenvalue weighted by Gasteiger charge is 2.15. The number of esters is 1. The first-order valence-corrected chi connectivity index (χ1v) is 4.50. The van der Waals surface area contributed by atoms with Gasteiger partial charge < -0.3 is 9.30 Å². The fraction of sp³-hybridized carbons (Fsp3) is 0.400. The monoisotopic (exact) mass is 194 g/mol. The highest BCUT2D eigenvalue weighted by Crippen LogP contribution is 2.08. The van der Waals surface area contributed by atoms with E-state index in [2.05, 4.69) is 11.6 Å². The average Bonchev–Trinajstić information content (AvgIpc) is 2.48. The summed E-state index contributed by atoms with van der Waals surface area (Å²) in [5, 5.41) is 0. The Morgan fingerprint density at radius 2 is 2.50 bits per heavy atom. The molecule has 0 saturated carbocycles. The third kappa shape index (κ3) is 2.02. The van der Waals surface area contributed by atoms with E-state index in [1.807, 2.05) is 0 Å². The normalized spacial score (nSPS) is 9.86. The molecule has 76 valence electrons. The second-order valence-corrected chi connectivity index (χ2v) is 2.84. The molecule has 1 aromatic heterocycles. The van der Waals surface area contributed by atoms with Crippen molar-refractivity contribution in [2.75, 3.05) is 6.61 Å². The summed E-state index contributed by atoms with van der Waals surface area (Å²) in [5.74, 6) is -0.329. The van der Waals surface area contributed by atoms with Crippen LogP contribution >= 0.6 is 0 Å². The van der Waals surface area contributed by atoms with E-state index in [9.17, 15) is 4.79 Å². The van der Waals surface area contributed by atoms with E-state index in [1.165, 1.54) is 0 Å². The highest BCUT2D eigenvalue weighted by atomic mass is 16.5. The summed E-state index contributed by atoms with van der Waals surface area (Å²) in [6.45, 7) is 8.11. The van der Waals surface area contributed by atoms with Crippen molar-refractivity contribution in [3.63, 3.8) is 0 Å². The Morgan fingerprint density at radius 3 is 3.07 bits per heavy atom. The lowest BCUT2D eigenvalue weighted by Crippen LogP contribution is -2.12. The molecule has 4 nitrogen and oxygen atoms in total. The fourth-order valence-electron chi connectivity index (χ4n) is 1.22. The maximum Gasteiger partial charge on any atom is 0.356 e. The Morgan fingerprint density at radius 1 is 1.79 bits per heavy atom. The zero-order chi connectivity index (χ0) is 10.6. The van der Waals surface area contributed by atoms with Gasteiger partial charge in [-0.1, -0.05) is 6.08 Å². The molecule has 0 bridgehead atoms. The molecule has 1 heterocycles. The molecule has 0 aliphatic rings. The molecule has 0 N–H and O–H groups in total. The van der Waals surface area contributed by atoms with Crippen LogP contribution in [0.5, 0.6) is 0 Å². The van der Waals surface area contributed by atoms with Gasteiger partial charge in [-0.05, 0) is 13.8 Å². The molecule has 0 unspecified atom stereocenters. The number of carbonyl (C=O) groups excluding carboxylic acids is 1. The van der Waals surface area contributed by atoms with Crippen LogP contribution in [0.25, 0.3) is 0 Å². The van der Waals surface area contributed by atoms with Gasteiger partial charge in [0.05, 0.1) is 18.6 Å². The van der Waals surface area contributed by atoms with E-state index < -0.39 is 0 Å². The molecule has 0 aromatic carbocycles. The molecule has 0 aliphatic carbocycles. The first-order chi connectivity index (χ1) is 6.70. The minimum Gasteiger partial charge on any atom is -0.461 e. The minimum atomic E-state index is -0.329. The lowest BCUT2D eigenvalue weighted by atomic mass is 10.3. The Balaban J connectivity index is 2.97. The smallest absolute Gasteiger partial charge is 0.356 e. The van der Waals surface area contributed by atoms with Crippen LogP contribution in [0.1, 0.15) is 23.1 Å². The van der Waals surface area contributed by atoms with Crippen LogP contribution < -0.4 is 0 Å². The van der Waals surface area contributed by atoms with Crippen LogP contribution in [0.2, 0.25) is 0 Å².